The number of nitrogens with one attached hydrogen (secondary N) is 1. The Bertz CT molecular complexity index is 3540. The first kappa shape index (κ1) is 97.7. The Kier molecular flexibility index (Phi) is 44.1. The van der Waals surface area contributed by atoms with Gasteiger partial charge >= 0.3 is 41.8 Å². The number of carbonyl (C=O) groups excluding carboxylic acids is 11. The van der Waals surface area contributed by atoms with Crippen molar-refractivity contribution in [3.8, 4) is 5.75 Å². The van der Waals surface area contributed by atoms with Gasteiger partial charge in [0, 0.05) is 63.5 Å². The lowest BCUT2D eigenvalue weighted by molar-refractivity contribution is -0.168. The van der Waals surface area contributed by atoms with Gasteiger partial charge in [-0.1, -0.05) is 120 Å². The maximum Gasteiger partial charge on any atom is 0.340 e. The number of cyclic esters (lactones) is 1. The molecule has 12 atom stereocenters. The maximum absolute atomic E-state index is 12.3. The summed E-state index contributed by atoms with van der Waals surface area (Å²) in [5, 5.41) is 37.9. The Balaban J connectivity index is 0.000000377. The molecule has 0 bridgehead atoms. The van der Waals surface area contributed by atoms with Crippen LogP contribution < -0.4 is 50.2 Å². The van der Waals surface area contributed by atoms with E-state index in [2.05, 4.69) is 46.0 Å². The van der Waals surface area contributed by atoms with Crippen LogP contribution in [0.3, 0.4) is 0 Å². The Morgan fingerprint density at radius 2 is 1.15 bits per heavy atom. The molecule has 0 spiro atoms. The van der Waals surface area contributed by atoms with Crippen LogP contribution in [0.25, 0.3) is 0 Å². The third kappa shape index (κ3) is 34.5. The number of thioether (sulfide) groups is 1. The van der Waals surface area contributed by atoms with Gasteiger partial charge in [0.2, 0.25) is 5.91 Å². The number of aliphatic hydroxyl groups is 1. The number of aliphatic hydroxyl groups excluding tert-OH is 1. The summed E-state index contributed by atoms with van der Waals surface area (Å²) in [5.74, 6) is -1.54. The largest absolute Gasteiger partial charge is 0.506 e. The van der Waals surface area contributed by atoms with Gasteiger partial charge in [-0.2, -0.15) is 0 Å². The number of carboxylic acids is 3. The molecule has 624 valence electrons. The van der Waals surface area contributed by atoms with Gasteiger partial charge in [0.15, 0.2) is 10.9 Å². The lowest BCUT2D eigenvalue weighted by Crippen LogP contribution is -2.51. The fourth-order valence-corrected chi connectivity index (χ4v) is 15.4. The van der Waals surface area contributed by atoms with Crippen LogP contribution in [0.15, 0.2) is 77.6 Å². The predicted octanol–water partition coefficient (Wildman–Crippen LogP) is 5.74. The van der Waals surface area contributed by atoms with E-state index in [1.807, 2.05) is 6.07 Å². The highest BCUT2D eigenvalue weighted by Crippen LogP contribution is 2.67. The van der Waals surface area contributed by atoms with Crippen molar-refractivity contribution in [3.05, 3.63) is 88.7 Å². The number of aliphatic carboxylic acids is 3. The molecule has 5 aliphatic rings. The fourth-order valence-electron chi connectivity index (χ4n) is 14.6. The number of ketones is 5. The third-order valence-electron chi connectivity index (χ3n) is 21.1. The second-order valence-electron chi connectivity index (χ2n) is 29.7. The Labute approximate surface area is 659 Å². The van der Waals surface area contributed by atoms with Gasteiger partial charge in [0.05, 0.1) is 64.2 Å². The predicted molar refractivity (Wildman–Crippen MR) is 416 cm³/mol. The SMILES string of the molecule is CC(C)CCCC(C)C1CCC2C3CC=C4CC(OC(=O)CCC(=O)CN)CCC4(C)C3CCC12C.CC1=C(O)C(OCCOC(=O)CCC(=O)CN)OC1=O.NCC(=O)CCC(=O)NC(Cc1ccccc1)C(=O)O.NCC(=O)CCC(=O)Oc1ccc(CC(N)C(=O)O)cc1.NCC(=O)CCC(=O)SCC(N)C(=O)O. The quantitative estimate of drug-likeness (QED) is 0.0124. The highest BCUT2D eigenvalue weighted by Gasteiger charge is 2.59. The Morgan fingerprint density at radius 3 is 1.69 bits per heavy atom. The molecule has 19 N–H and O–H groups in total. The number of hydrogen-bond acceptors (Lipinski definition) is 28. The molecule has 3 fully saturated rings. The standard InChI is InChI=1S/C32H53NO3.C14H18N2O5.C14H18N2O4.C12H17NO7.C8H14N2O4S/c1-21(2)7-6-8-22(3)27-12-13-28-26-11-9-23-19-25(36-30(35)14-10-24(34)20-33)15-17-31(23,4)29(26)16-18-32(27,28)5;15-8-10(17)3-6-13(18)21-11-4-1-9(2-5-11)7-12(16)14(19)20;15-9-11(17)6-7-13(18)16-12(14(19)20)8-10-4-2-1-3-5-10;1-7-10(16)12(20-11(7)17)19-5-4-18-9(15)3-2-8(14)6-13;9-3-5(11)1-2-7(12)15-4-6(10)8(13)14/h9,21-22,25-29H,6-8,10-20,33H2,1-5H3;1-2,4-5,12H,3,6-8,15-16H2,(H,19,20);1-5,12H,6-9,15H2,(H,16,18)(H,19,20);12,16H,2-6,13H2,1H3;6H,1-4,9-10H2,(H,13,14). The van der Waals surface area contributed by atoms with E-state index < -0.39 is 66.1 Å². The molecule has 0 radical (unpaired) electrons. The number of benzene rings is 2. The Morgan fingerprint density at radius 1 is 0.607 bits per heavy atom. The van der Waals surface area contributed by atoms with Crippen molar-refractivity contribution < 1.29 is 111 Å². The highest BCUT2D eigenvalue weighted by molar-refractivity contribution is 8.13. The smallest absolute Gasteiger partial charge is 0.340 e. The van der Waals surface area contributed by atoms with E-state index in [1.165, 1.54) is 58.3 Å². The minimum absolute atomic E-state index is 0.00232. The van der Waals surface area contributed by atoms with E-state index in [4.69, 9.17) is 79.1 Å². The van der Waals surface area contributed by atoms with Crippen LogP contribution in [0.5, 0.6) is 5.75 Å². The van der Waals surface area contributed by atoms with E-state index in [0.717, 1.165) is 77.7 Å². The molecule has 112 heavy (non-hydrogen) atoms. The van der Waals surface area contributed by atoms with Crippen LogP contribution in [0, 0.1) is 46.3 Å². The van der Waals surface area contributed by atoms with Crippen LogP contribution in [0.1, 0.15) is 188 Å². The lowest BCUT2D eigenvalue weighted by atomic mass is 9.47. The molecule has 1 heterocycles. The molecule has 4 aliphatic carbocycles. The number of carbonyl (C=O) groups is 14. The van der Waals surface area contributed by atoms with Crippen molar-refractivity contribution >= 4 is 93.5 Å². The van der Waals surface area contributed by atoms with Gasteiger partial charge in [0.1, 0.15) is 65.5 Å². The number of hydrogen-bond donors (Lipinski definition) is 12. The van der Waals surface area contributed by atoms with Crippen molar-refractivity contribution in [2.75, 3.05) is 51.7 Å². The van der Waals surface area contributed by atoms with Crippen LogP contribution in [-0.2, 0) is 98.9 Å². The molecule has 2 aromatic carbocycles. The summed E-state index contributed by atoms with van der Waals surface area (Å²) in [7, 11) is 0. The zero-order valence-corrected chi connectivity index (χ0v) is 66.4. The summed E-state index contributed by atoms with van der Waals surface area (Å²) in [5.41, 5.74) is 40.4. The van der Waals surface area contributed by atoms with Crippen molar-refractivity contribution in [1.82, 2.24) is 5.32 Å². The molecular weight excluding hydrogens is 1470 g/mol. The van der Waals surface area contributed by atoms with E-state index in [0.29, 0.717) is 11.2 Å². The first-order valence-corrected chi connectivity index (χ1v) is 39.3. The van der Waals surface area contributed by atoms with E-state index >= 15 is 0 Å². The van der Waals surface area contributed by atoms with Crippen LogP contribution in [-0.4, -0.2) is 184 Å². The number of nitrogens with two attached hydrogens (primary N) is 7. The number of esters is 4. The monoisotopic (exact) mass is 1590 g/mol. The highest BCUT2D eigenvalue weighted by atomic mass is 32.2. The second-order valence-corrected chi connectivity index (χ2v) is 30.8. The molecule has 31 nitrogen and oxygen atoms in total. The average Bonchev–Trinajstić information content (AvgIpc) is 1.33. The molecule has 3 saturated carbocycles. The minimum atomic E-state index is -1.15. The normalized spacial score (nSPS) is 21.5. The van der Waals surface area contributed by atoms with Crippen LogP contribution >= 0.6 is 11.8 Å². The zero-order valence-electron chi connectivity index (χ0n) is 65.5. The summed E-state index contributed by atoms with van der Waals surface area (Å²) in [6, 6.07) is 12.4. The van der Waals surface area contributed by atoms with Gasteiger partial charge < -0.3 is 89.6 Å². The molecule has 0 aromatic heterocycles. The first-order chi connectivity index (χ1) is 52.9. The number of ether oxygens (including phenoxy) is 5. The molecule has 32 heteroatoms. The van der Waals surface area contributed by atoms with Gasteiger partial charge in [-0.05, 0) is 128 Å². The summed E-state index contributed by atoms with van der Waals surface area (Å²) in [4.78, 5) is 156. The molecule has 12 unspecified atom stereocenters. The third-order valence-corrected chi connectivity index (χ3v) is 22.1. The summed E-state index contributed by atoms with van der Waals surface area (Å²) >= 11 is 0.828. The van der Waals surface area contributed by atoms with Crippen molar-refractivity contribution in [1.29, 1.82) is 0 Å². The van der Waals surface area contributed by atoms with Crippen molar-refractivity contribution in [2.45, 2.75) is 220 Å². The van der Waals surface area contributed by atoms with Gasteiger partial charge in [-0.15, -0.1) is 0 Å². The number of rotatable bonds is 41. The number of fused-ring (bicyclic) bond motifs is 5. The first-order valence-electron chi connectivity index (χ1n) is 38.3. The maximum atomic E-state index is 12.3. The molecule has 2 aromatic rings. The zero-order chi connectivity index (χ0) is 83.8. The number of Topliss-reactive ketones (excluding diaryl/α,β-unsaturated/α-hetero) is 5. The summed E-state index contributed by atoms with van der Waals surface area (Å²) < 4.78 is 25.4. The fraction of sp³-hybridized carbons (Fsp3) is 0.625. The van der Waals surface area contributed by atoms with Crippen molar-refractivity contribution in [2.24, 2.45) is 86.5 Å². The molecule has 0 saturated heterocycles. The van der Waals surface area contributed by atoms with E-state index in [1.54, 1.807) is 54.1 Å². The molecule has 1 aliphatic heterocycles. The van der Waals surface area contributed by atoms with E-state index in [-0.39, 0.29) is 192 Å². The van der Waals surface area contributed by atoms with Crippen LogP contribution in [0.4, 0.5) is 0 Å². The van der Waals surface area contributed by atoms with E-state index in [9.17, 15) is 72.2 Å². The minimum Gasteiger partial charge on any atom is -0.506 e. The van der Waals surface area contributed by atoms with Crippen LogP contribution in [0.2, 0.25) is 0 Å². The topological polar surface area (TPSA) is 560 Å². The summed E-state index contributed by atoms with van der Waals surface area (Å²) in [6.07, 6.45) is 16.3. The summed E-state index contributed by atoms with van der Waals surface area (Å²) in [6.45, 7) is 13.4. The molecule has 7 rings (SSSR count). The number of allylic oxidation sites excluding steroid dienone is 1. The van der Waals surface area contributed by atoms with Gasteiger partial charge in [0.25, 0.3) is 6.29 Å². The Hall–Kier alpha value is -8.47. The molecule has 1 amide bonds. The molecular formula is C80H120N8O23S. The second kappa shape index (κ2) is 50.6. The number of carboxylic acid groups (broad SMARTS) is 3. The van der Waals surface area contributed by atoms with Crippen molar-refractivity contribution in [3.63, 3.8) is 0 Å². The average molecular weight is 1590 g/mol. The lowest BCUT2D eigenvalue weighted by Gasteiger charge is -2.58. The van der Waals surface area contributed by atoms with Gasteiger partial charge in [-0.25, -0.2) is 9.59 Å². The number of amides is 1. The van der Waals surface area contributed by atoms with Gasteiger partial charge in [-0.3, -0.25) is 57.5 Å².